The highest BCUT2D eigenvalue weighted by Gasteiger charge is 2.14. The molecule has 6 heteroatoms. The van der Waals surface area contributed by atoms with Crippen molar-refractivity contribution in [1.29, 1.82) is 0 Å². The Kier molecular flexibility index (Phi) is 9.05. The van der Waals surface area contributed by atoms with Crippen LogP contribution in [-0.4, -0.2) is 28.3 Å². The third-order valence-corrected chi connectivity index (χ3v) is 3.75. The van der Waals surface area contributed by atoms with E-state index in [2.05, 4.69) is 6.92 Å². The minimum atomic E-state index is -0.295. The van der Waals surface area contributed by atoms with Crippen LogP contribution in [0.5, 0.6) is 11.5 Å². The van der Waals surface area contributed by atoms with E-state index in [1.54, 1.807) is 6.07 Å². The van der Waals surface area contributed by atoms with Gasteiger partial charge in [-0.15, -0.1) is 0 Å². The molecule has 0 heterocycles. The summed E-state index contributed by atoms with van der Waals surface area (Å²) < 4.78 is 5.93. The fourth-order valence-corrected chi connectivity index (χ4v) is 2.41. The zero-order chi connectivity index (χ0) is 17.1. The van der Waals surface area contributed by atoms with E-state index >= 15 is 0 Å². The molecule has 0 aromatic heterocycles. The van der Waals surface area contributed by atoms with Gasteiger partial charge in [0.15, 0.2) is 11.5 Å². The number of phenolic OH excluding ortho intramolecular Hbond substituents is 2. The molecule has 0 fully saturated rings. The maximum Gasteiger partial charge on any atom is 0.203 e. The number of ether oxygens (including phenoxy) is 1. The van der Waals surface area contributed by atoms with Gasteiger partial charge in [0.2, 0.25) is 6.54 Å². The van der Waals surface area contributed by atoms with Crippen molar-refractivity contribution in [1.82, 2.24) is 0 Å². The molecular formula is C17H27NO5. The Morgan fingerprint density at radius 2 is 1.91 bits per heavy atom. The molecule has 0 radical (unpaired) electrons. The molecule has 0 amide bonds. The van der Waals surface area contributed by atoms with Crippen molar-refractivity contribution in [2.45, 2.75) is 58.0 Å². The number of hydrogen-bond donors (Lipinski definition) is 2. The summed E-state index contributed by atoms with van der Waals surface area (Å²) in [5.41, 5.74) is 0.825. The van der Waals surface area contributed by atoms with Crippen LogP contribution in [0.25, 0.3) is 0 Å². The Labute approximate surface area is 137 Å². The van der Waals surface area contributed by atoms with Crippen LogP contribution in [-0.2, 0) is 4.74 Å². The summed E-state index contributed by atoms with van der Waals surface area (Å²) in [4.78, 5) is 10.0. The Bertz CT molecular complexity index is 478. The van der Waals surface area contributed by atoms with Crippen LogP contribution in [0.2, 0.25) is 0 Å². The van der Waals surface area contributed by atoms with Gasteiger partial charge in [0.05, 0.1) is 6.10 Å². The number of benzene rings is 1. The molecule has 0 spiro atoms. The second-order valence-electron chi connectivity index (χ2n) is 5.72. The van der Waals surface area contributed by atoms with Crippen molar-refractivity contribution < 1.29 is 19.9 Å². The van der Waals surface area contributed by atoms with E-state index in [4.69, 9.17) is 4.74 Å². The van der Waals surface area contributed by atoms with Crippen LogP contribution in [0.1, 0.15) is 63.5 Å². The summed E-state index contributed by atoms with van der Waals surface area (Å²) in [5.74, 6) is -0.303. The van der Waals surface area contributed by atoms with E-state index in [0.717, 1.165) is 44.1 Å². The fraction of sp³-hybridized carbons (Fsp3) is 0.647. The molecule has 23 heavy (non-hydrogen) atoms. The van der Waals surface area contributed by atoms with Crippen molar-refractivity contribution in [2.75, 3.05) is 13.2 Å². The molecule has 1 aromatic carbocycles. The third kappa shape index (κ3) is 7.83. The topological polar surface area (TPSA) is 92.8 Å². The second kappa shape index (κ2) is 10.8. The quantitative estimate of drug-likeness (QED) is 0.260. The molecule has 1 atom stereocenters. The van der Waals surface area contributed by atoms with Crippen LogP contribution in [0.15, 0.2) is 18.2 Å². The molecule has 6 nitrogen and oxygen atoms in total. The standard InChI is InChI=1S/C17H27NO5/c1-2-3-7-12-23-17(8-5-4-6-11-18(21)22)14-9-10-15(19)16(20)13-14/h9-10,13,17,19-20H,2-8,11-12H2,1H3. The molecule has 0 aliphatic heterocycles. The highest BCUT2D eigenvalue weighted by Crippen LogP contribution is 2.31. The molecular weight excluding hydrogens is 298 g/mol. The number of nitrogens with zero attached hydrogens (tertiary/aromatic N) is 1. The number of aromatic hydroxyl groups is 2. The number of rotatable bonds is 12. The van der Waals surface area contributed by atoms with Crippen LogP contribution in [0, 0.1) is 10.1 Å². The molecule has 130 valence electrons. The van der Waals surface area contributed by atoms with Gasteiger partial charge in [-0.25, -0.2) is 0 Å². The van der Waals surface area contributed by atoms with Crippen LogP contribution >= 0.6 is 0 Å². The monoisotopic (exact) mass is 325 g/mol. The Morgan fingerprint density at radius 1 is 1.13 bits per heavy atom. The predicted octanol–water partition coefficient (Wildman–Crippen LogP) is 4.18. The van der Waals surface area contributed by atoms with Gasteiger partial charge in [-0.2, -0.15) is 0 Å². The maximum absolute atomic E-state index is 10.3. The van der Waals surface area contributed by atoms with Gasteiger partial charge in [0, 0.05) is 18.0 Å². The predicted molar refractivity (Wildman–Crippen MR) is 88.3 cm³/mol. The first-order valence-corrected chi connectivity index (χ1v) is 8.30. The Hall–Kier alpha value is -1.82. The van der Waals surface area contributed by atoms with Gasteiger partial charge in [-0.3, -0.25) is 10.1 Å². The van der Waals surface area contributed by atoms with Crippen molar-refractivity contribution in [3.63, 3.8) is 0 Å². The normalized spacial score (nSPS) is 12.2. The van der Waals surface area contributed by atoms with E-state index in [9.17, 15) is 20.3 Å². The first-order chi connectivity index (χ1) is 11.0. The lowest BCUT2D eigenvalue weighted by Crippen LogP contribution is -2.07. The molecule has 0 aliphatic carbocycles. The number of phenols is 2. The van der Waals surface area contributed by atoms with Crippen LogP contribution < -0.4 is 0 Å². The lowest BCUT2D eigenvalue weighted by molar-refractivity contribution is -0.480. The summed E-state index contributed by atoms with van der Waals surface area (Å²) >= 11 is 0. The van der Waals surface area contributed by atoms with E-state index in [1.807, 2.05) is 0 Å². The van der Waals surface area contributed by atoms with E-state index in [-0.39, 0.29) is 29.1 Å². The largest absolute Gasteiger partial charge is 0.504 e. The van der Waals surface area contributed by atoms with Gasteiger partial charge in [-0.05, 0) is 37.0 Å². The van der Waals surface area contributed by atoms with E-state index in [1.165, 1.54) is 12.1 Å². The minimum Gasteiger partial charge on any atom is -0.504 e. The van der Waals surface area contributed by atoms with Gasteiger partial charge >= 0.3 is 0 Å². The van der Waals surface area contributed by atoms with E-state index < -0.39 is 0 Å². The molecule has 1 rings (SSSR count). The van der Waals surface area contributed by atoms with Crippen molar-refractivity contribution >= 4 is 0 Å². The maximum atomic E-state index is 10.3. The third-order valence-electron chi connectivity index (χ3n) is 3.75. The second-order valence-corrected chi connectivity index (χ2v) is 5.72. The Morgan fingerprint density at radius 3 is 2.57 bits per heavy atom. The van der Waals surface area contributed by atoms with Gasteiger partial charge in [0.25, 0.3) is 0 Å². The van der Waals surface area contributed by atoms with Gasteiger partial charge in [-0.1, -0.05) is 32.3 Å². The summed E-state index contributed by atoms with van der Waals surface area (Å²) in [6.45, 7) is 2.78. The average molecular weight is 325 g/mol. The summed E-state index contributed by atoms with van der Waals surface area (Å²) in [6.07, 6.45) is 5.97. The summed E-state index contributed by atoms with van der Waals surface area (Å²) in [5, 5.41) is 29.4. The number of unbranched alkanes of at least 4 members (excludes halogenated alkanes) is 4. The highest BCUT2D eigenvalue weighted by atomic mass is 16.6. The SMILES string of the molecule is CCCCCOC(CCCCC[N+](=O)[O-])c1ccc(O)c(O)c1. The first kappa shape index (κ1) is 19.2. The van der Waals surface area contributed by atoms with Crippen molar-refractivity contribution in [3.8, 4) is 11.5 Å². The smallest absolute Gasteiger partial charge is 0.203 e. The molecule has 0 bridgehead atoms. The average Bonchev–Trinajstić information content (AvgIpc) is 2.51. The zero-order valence-corrected chi connectivity index (χ0v) is 13.7. The number of nitro groups is 1. The molecule has 1 unspecified atom stereocenters. The lowest BCUT2D eigenvalue weighted by Gasteiger charge is -2.19. The van der Waals surface area contributed by atoms with E-state index in [0.29, 0.717) is 13.0 Å². The molecule has 0 saturated heterocycles. The van der Waals surface area contributed by atoms with Crippen LogP contribution in [0.3, 0.4) is 0 Å². The molecule has 2 N–H and O–H groups in total. The fourth-order valence-electron chi connectivity index (χ4n) is 2.41. The van der Waals surface area contributed by atoms with Crippen molar-refractivity contribution in [2.24, 2.45) is 0 Å². The number of hydrogen-bond acceptors (Lipinski definition) is 5. The molecule has 1 aromatic rings. The lowest BCUT2D eigenvalue weighted by atomic mass is 10.0. The van der Waals surface area contributed by atoms with Crippen molar-refractivity contribution in [3.05, 3.63) is 33.9 Å². The van der Waals surface area contributed by atoms with Gasteiger partial charge in [0.1, 0.15) is 0 Å². The van der Waals surface area contributed by atoms with Gasteiger partial charge < -0.3 is 14.9 Å². The highest BCUT2D eigenvalue weighted by molar-refractivity contribution is 5.41. The summed E-state index contributed by atoms with van der Waals surface area (Å²) in [7, 11) is 0. The Balaban J connectivity index is 2.53. The first-order valence-electron chi connectivity index (χ1n) is 8.30. The zero-order valence-electron chi connectivity index (χ0n) is 13.7. The summed E-state index contributed by atoms with van der Waals surface area (Å²) in [6, 6.07) is 4.73. The molecule has 0 saturated carbocycles. The van der Waals surface area contributed by atoms with Crippen LogP contribution in [0.4, 0.5) is 0 Å². The minimum absolute atomic E-state index is 0.00201. The molecule has 0 aliphatic rings.